The summed E-state index contributed by atoms with van der Waals surface area (Å²) in [7, 11) is 1.62. The lowest BCUT2D eigenvalue weighted by Gasteiger charge is -2.26. The van der Waals surface area contributed by atoms with Crippen LogP contribution in [-0.2, 0) is 11.3 Å². The molecule has 0 saturated carbocycles. The first-order valence-electron chi connectivity index (χ1n) is 9.22. The summed E-state index contributed by atoms with van der Waals surface area (Å²) in [4.78, 5) is 30.0. The zero-order chi connectivity index (χ0) is 19.4. The van der Waals surface area contributed by atoms with Crippen LogP contribution in [0.1, 0.15) is 40.0 Å². The van der Waals surface area contributed by atoms with Gasteiger partial charge >= 0.3 is 0 Å². The predicted molar refractivity (Wildman–Crippen MR) is 103 cm³/mol. The third kappa shape index (κ3) is 4.57. The van der Waals surface area contributed by atoms with Crippen LogP contribution in [0, 0.1) is 13.8 Å². The number of rotatable bonds is 6. The Morgan fingerprint density at radius 1 is 1.30 bits per heavy atom. The summed E-state index contributed by atoms with van der Waals surface area (Å²) >= 11 is 0. The Hall–Kier alpha value is -2.60. The molecule has 0 aliphatic carbocycles. The summed E-state index contributed by atoms with van der Waals surface area (Å²) in [5, 5.41) is 0. The van der Waals surface area contributed by atoms with E-state index in [0.717, 1.165) is 42.0 Å². The van der Waals surface area contributed by atoms with Crippen molar-refractivity contribution in [2.24, 2.45) is 0 Å². The molecule has 144 valence electrons. The Bertz CT molecular complexity index is 851. The second-order valence-corrected chi connectivity index (χ2v) is 6.99. The normalized spacial score (nSPS) is 16.3. The summed E-state index contributed by atoms with van der Waals surface area (Å²) in [5.41, 5.74) is 2.46. The minimum Gasteiger partial charge on any atom is -0.497 e. The molecule has 1 aromatic carbocycles. The number of carbonyl (C=O) groups is 1. The Morgan fingerprint density at radius 2 is 2.04 bits per heavy atom. The van der Waals surface area contributed by atoms with Crippen LogP contribution in [0.4, 0.5) is 0 Å². The zero-order valence-electron chi connectivity index (χ0n) is 16.1. The Labute approximate surface area is 159 Å². The van der Waals surface area contributed by atoms with E-state index in [9.17, 15) is 9.59 Å². The standard InChI is InChI=1S/C21H26N2O4/c1-14-11-19(20(24)22-15(14)2)21(25)23(13-18-5-4-10-27-18)12-16-6-8-17(26-3)9-7-16/h6-9,11,18H,4-5,10,12-13H2,1-3H3,(H,22,24)/t18-/m1/s1. The van der Waals surface area contributed by atoms with Crippen LogP contribution in [-0.4, -0.2) is 42.2 Å². The van der Waals surface area contributed by atoms with Gasteiger partial charge in [-0.1, -0.05) is 12.1 Å². The van der Waals surface area contributed by atoms with Crippen LogP contribution >= 0.6 is 0 Å². The van der Waals surface area contributed by atoms with Crippen LogP contribution in [0.5, 0.6) is 5.75 Å². The molecule has 6 heteroatoms. The van der Waals surface area contributed by atoms with Crippen molar-refractivity contribution < 1.29 is 14.3 Å². The number of aryl methyl sites for hydroxylation is 2. The van der Waals surface area contributed by atoms with Gasteiger partial charge in [0.1, 0.15) is 11.3 Å². The highest BCUT2D eigenvalue weighted by Gasteiger charge is 2.25. The number of amides is 1. The van der Waals surface area contributed by atoms with Crippen LogP contribution in [0.2, 0.25) is 0 Å². The predicted octanol–water partition coefficient (Wildman–Crippen LogP) is 2.82. The first kappa shape index (κ1) is 19.2. The van der Waals surface area contributed by atoms with Crippen molar-refractivity contribution >= 4 is 5.91 Å². The number of benzene rings is 1. The Kier molecular flexibility index (Phi) is 5.96. The average molecular weight is 370 g/mol. The number of nitrogens with one attached hydrogen (secondary N) is 1. The number of carbonyl (C=O) groups excluding carboxylic acids is 1. The molecule has 0 radical (unpaired) electrons. The van der Waals surface area contributed by atoms with E-state index in [1.165, 1.54) is 0 Å². The average Bonchev–Trinajstić information content (AvgIpc) is 3.17. The summed E-state index contributed by atoms with van der Waals surface area (Å²) in [6, 6.07) is 9.27. The quantitative estimate of drug-likeness (QED) is 0.849. The number of methoxy groups -OCH3 is 1. The van der Waals surface area contributed by atoms with Gasteiger partial charge in [0, 0.05) is 25.4 Å². The molecule has 1 saturated heterocycles. The van der Waals surface area contributed by atoms with Gasteiger partial charge in [0.15, 0.2) is 0 Å². The maximum atomic E-state index is 13.2. The maximum Gasteiger partial charge on any atom is 0.261 e. The highest BCUT2D eigenvalue weighted by atomic mass is 16.5. The fraction of sp³-hybridized carbons (Fsp3) is 0.429. The van der Waals surface area contributed by atoms with E-state index in [1.54, 1.807) is 18.1 Å². The molecule has 6 nitrogen and oxygen atoms in total. The van der Waals surface area contributed by atoms with Crippen molar-refractivity contribution in [1.82, 2.24) is 9.88 Å². The number of hydrogen-bond donors (Lipinski definition) is 1. The van der Waals surface area contributed by atoms with Crippen molar-refractivity contribution in [2.75, 3.05) is 20.3 Å². The maximum absolute atomic E-state index is 13.2. The number of H-pyrrole nitrogens is 1. The second kappa shape index (κ2) is 8.39. The van der Waals surface area contributed by atoms with Gasteiger partial charge in [-0.3, -0.25) is 9.59 Å². The summed E-state index contributed by atoms with van der Waals surface area (Å²) in [6.07, 6.45) is 1.94. The molecule has 0 bridgehead atoms. The lowest BCUT2D eigenvalue weighted by molar-refractivity contribution is 0.0506. The van der Waals surface area contributed by atoms with Crippen molar-refractivity contribution in [2.45, 2.75) is 39.3 Å². The molecule has 2 heterocycles. The van der Waals surface area contributed by atoms with E-state index in [4.69, 9.17) is 9.47 Å². The molecule has 1 amide bonds. The van der Waals surface area contributed by atoms with Gasteiger partial charge in [0.25, 0.3) is 11.5 Å². The smallest absolute Gasteiger partial charge is 0.261 e. The molecule has 2 aromatic rings. The number of hydrogen-bond acceptors (Lipinski definition) is 4. The molecule has 1 aromatic heterocycles. The summed E-state index contributed by atoms with van der Waals surface area (Å²) < 4.78 is 10.9. The number of nitrogens with zero attached hydrogens (tertiary/aromatic N) is 1. The van der Waals surface area contributed by atoms with Crippen LogP contribution in [0.15, 0.2) is 35.1 Å². The van der Waals surface area contributed by atoms with E-state index < -0.39 is 0 Å². The van der Waals surface area contributed by atoms with Crippen molar-refractivity contribution in [3.8, 4) is 5.75 Å². The first-order valence-corrected chi connectivity index (χ1v) is 9.22. The summed E-state index contributed by atoms with van der Waals surface area (Å²) in [5.74, 6) is 0.493. The molecule has 0 spiro atoms. The van der Waals surface area contributed by atoms with Gasteiger partial charge in [0.05, 0.1) is 13.2 Å². The largest absolute Gasteiger partial charge is 0.497 e. The van der Waals surface area contributed by atoms with Crippen molar-refractivity contribution in [3.05, 3.63) is 63.1 Å². The lowest BCUT2D eigenvalue weighted by atomic mass is 10.1. The fourth-order valence-corrected chi connectivity index (χ4v) is 3.26. The van der Waals surface area contributed by atoms with E-state index >= 15 is 0 Å². The van der Waals surface area contributed by atoms with Crippen LogP contribution in [0.25, 0.3) is 0 Å². The molecule has 1 aliphatic rings. The topological polar surface area (TPSA) is 71.6 Å². The van der Waals surface area contributed by atoms with Crippen LogP contribution in [0.3, 0.4) is 0 Å². The molecule has 1 aliphatic heterocycles. The number of aromatic amines is 1. The van der Waals surface area contributed by atoms with Gasteiger partial charge < -0.3 is 19.4 Å². The number of pyridine rings is 1. The second-order valence-electron chi connectivity index (χ2n) is 6.99. The SMILES string of the molecule is COc1ccc(CN(C[C@H]2CCCO2)C(=O)c2cc(C)c(C)[nH]c2=O)cc1. The molecular weight excluding hydrogens is 344 g/mol. The molecule has 1 atom stereocenters. The molecule has 3 rings (SSSR count). The monoisotopic (exact) mass is 370 g/mol. The molecule has 1 N–H and O–H groups in total. The first-order chi connectivity index (χ1) is 13.0. The lowest BCUT2D eigenvalue weighted by Crippen LogP contribution is -2.39. The van der Waals surface area contributed by atoms with Crippen molar-refractivity contribution in [1.29, 1.82) is 0 Å². The van der Waals surface area contributed by atoms with Crippen LogP contribution < -0.4 is 10.3 Å². The number of ether oxygens (including phenoxy) is 2. The number of aromatic nitrogens is 1. The highest BCUT2D eigenvalue weighted by molar-refractivity contribution is 5.94. The fourth-order valence-electron chi connectivity index (χ4n) is 3.26. The van der Waals surface area contributed by atoms with Gasteiger partial charge in [-0.2, -0.15) is 0 Å². The van der Waals surface area contributed by atoms with E-state index in [2.05, 4.69) is 4.98 Å². The third-order valence-corrected chi connectivity index (χ3v) is 5.00. The Balaban J connectivity index is 1.87. The van der Waals surface area contributed by atoms with Gasteiger partial charge in [-0.25, -0.2) is 0 Å². The van der Waals surface area contributed by atoms with E-state index in [-0.39, 0.29) is 23.1 Å². The van der Waals surface area contributed by atoms with Crippen molar-refractivity contribution in [3.63, 3.8) is 0 Å². The molecule has 0 unspecified atom stereocenters. The van der Waals surface area contributed by atoms with E-state index in [0.29, 0.717) is 13.1 Å². The molecule has 27 heavy (non-hydrogen) atoms. The molecular formula is C21H26N2O4. The molecule has 1 fully saturated rings. The van der Waals surface area contributed by atoms with Gasteiger partial charge in [0.2, 0.25) is 0 Å². The summed E-state index contributed by atoms with van der Waals surface area (Å²) in [6.45, 7) is 5.31. The van der Waals surface area contributed by atoms with E-state index in [1.807, 2.05) is 38.1 Å². The van der Waals surface area contributed by atoms with Gasteiger partial charge in [-0.05, 0) is 56.0 Å². The minimum atomic E-state index is -0.352. The minimum absolute atomic E-state index is 0.0119. The highest BCUT2D eigenvalue weighted by Crippen LogP contribution is 2.18. The zero-order valence-corrected chi connectivity index (χ0v) is 16.1. The third-order valence-electron chi connectivity index (χ3n) is 5.00. The van der Waals surface area contributed by atoms with Gasteiger partial charge in [-0.15, -0.1) is 0 Å². The Morgan fingerprint density at radius 3 is 2.67 bits per heavy atom.